The lowest BCUT2D eigenvalue weighted by Gasteiger charge is -2.10. The molecule has 2 aromatic carbocycles. The van der Waals surface area contributed by atoms with E-state index in [2.05, 4.69) is 20.9 Å². The van der Waals surface area contributed by atoms with Crippen LogP contribution < -0.4 is 0 Å². The number of aryl methyl sites for hydroxylation is 1. The van der Waals surface area contributed by atoms with Crippen LogP contribution in [0.1, 0.15) is 5.82 Å². The number of imidazole rings is 1. The summed E-state index contributed by atoms with van der Waals surface area (Å²) in [5.74, 6) is 0.759. The van der Waals surface area contributed by atoms with Crippen molar-refractivity contribution in [3.8, 4) is 5.69 Å². The zero-order valence-corrected chi connectivity index (χ0v) is 13.9. The van der Waals surface area contributed by atoms with Crippen LogP contribution in [0.2, 0.25) is 5.02 Å². The second-order valence-electron chi connectivity index (χ2n) is 4.51. The first-order valence-corrected chi connectivity index (χ1v) is 7.99. The number of aromatic nitrogens is 2. The molecule has 0 saturated carbocycles. The van der Waals surface area contributed by atoms with E-state index in [4.69, 9.17) is 23.2 Å². The van der Waals surface area contributed by atoms with Gasteiger partial charge in [-0.1, -0.05) is 33.6 Å². The molecule has 3 rings (SSSR count). The van der Waals surface area contributed by atoms with E-state index >= 15 is 0 Å². The van der Waals surface area contributed by atoms with Crippen LogP contribution in [0.25, 0.3) is 16.7 Å². The fourth-order valence-electron chi connectivity index (χ4n) is 2.29. The summed E-state index contributed by atoms with van der Waals surface area (Å²) in [7, 11) is 0. The van der Waals surface area contributed by atoms with Gasteiger partial charge in [0.2, 0.25) is 0 Å². The zero-order chi connectivity index (χ0) is 15.0. The van der Waals surface area contributed by atoms with Crippen molar-refractivity contribution in [2.24, 2.45) is 0 Å². The smallest absolute Gasteiger partial charge is 0.147 e. The number of hydrogen-bond acceptors (Lipinski definition) is 1. The molecular weight excluding hydrogens is 378 g/mol. The van der Waals surface area contributed by atoms with Crippen molar-refractivity contribution in [1.29, 1.82) is 0 Å². The minimum absolute atomic E-state index is 0.326. The van der Waals surface area contributed by atoms with Gasteiger partial charge < -0.3 is 0 Å². The Labute approximate surface area is 139 Å². The highest BCUT2D eigenvalue weighted by molar-refractivity contribution is 9.10. The molecule has 6 heteroatoms. The molecule has 1 aromatic heterocycles. The highest BCUT2D eigenvalue weighted by atomic mass is 79.9. The van der Waals surface area contributed by atoms with E-state index in [1.54, 1.807) is 22.8 Å². The highest BCUT2D eigenvalue weighted by Gasteiger charge is 2.16. The van der Waals surface area contributed by atoms with Crippen molar-refractivity contribution in [3.63, 3.8) is 0 Å². The average molecular weight is 388 g/mol. The number of rotatable bonds is 3. The molecule has 0 atom stereocenters. The van der Waals surface area contributed by atoms with Gasteiger partial charge in [0.15, 0.2) is 0 Å². The van der Waals surface area contributed by atoms with Gasteiger partial charge in [0.05, 0.1) is 16.2 Å². The maximum atomic E-state index is 14.2. The maximum absolute atomic E-state index is 14.2. The molecule has 0 radical (unpaired) electrons. The predicted octanol–water partition coefficient (Wildman–Crippen LogP) is 5.36. The Bertz CT molecular complexity index is 817. The molecule has 0 N–H and O–H groups in total. The molecule has 0 bridgehead atoms. The van der Waals surface area contributed by atoms with Crippen LogP contribution >= 0.6 is 39.1 Å². The quantitative estimate of drug-likeness (QED) is 0.553. The van der Waals surface area contributed by atoms with Gasteiger partial charge in [0, 0.05) is 16.8 Å². The van der Waals surface area contributed by atoms with Crippen molar-refractivity contribution in [3.05, 3.63) is 57.5 Å². The predicted molar refractivity (Wildman–Crippen MR) is 88.2 cm³/mol. The summed E-state index contributed by atoms with van der Waals surface area (Å²) >= 11 is 15.4. The van der Waals surface area contributed by atoms with Gasteiger partial charge in [-0.2, -0.15) is 0 Å². The fourth-order valence-corrected chi connectivity index (χ4v) is 3.02. The van der Waals surface area contributed by atoms with Gasteiger partial charge in [0.1, 0.15) is 17.2 Å². The minimum atomic E-state index is -0.326. The van der Waals surface area contributed by atoms with Crippen LogP contribution in [0, 0.1) is 5.82 Å². The standard InChI is InChI=1S/C15H10BrCl2FN2/c16-9-4-5-11(19)13(8-9)21-12-3-1-2-10(18)15(12)20-14(21)6-7-17/h1-5,8H,6-7H2. The topological polar surface area (TPSA) is 17.8 Å². The Morgan fingerprint density at radius 3 is 2.81 bits per heavy atom. The molecule has 21 heavy (non-hydrogen) atoms. The first kappa shape index (κ1) is 14.8. The van der Waals surface area contributed by atoms with Crippen LogP contribution in [-0.4, -0.2) is 15.4 Å². The molecule has 0 amide bonds. The summed E-state index contributed by atoms with van der Waals surface area (Å²) in [4.78, 5) is 4.51. The summed E-state index contributed by atoms with van der Waals surface area (Å²) in [5, 5.41) is 0.539. The Hall–Kier alpha value is -1.10. The Kier molecular flexibility index (Phi) is 4.20. The summed E-state index contributed by atoms with van der Waals surface area (Å²) in [6.45, 7) is 0. The van der Waals surface area contributed by atoms with Crippen LogP contribution in [-0.2, 0) is 6.42 Å². The molecule has 0 spiro atoms. The maximum Gasteiger partial charge on any atom is 0.147 e. The molecule has 1 heterocycles. The third-order valence-corrected chi connectivity index (χ3v) is 4.16. The van der Waals surface area contributed by atoms with Crippen molar-refractivity contribution < 1.29 is 4.39 Å². The number of benzene rings is 2. The molecule has 0 unspecified atom stereocenters. The monoisotopic (exact) mass is 386 g/mol. The number of nitrogens with zero attached hydrogens (tertiary/aromatic N) is 2. The SMILES string of the molecule is Fc1ccc(Br)cc1-n1c(CCCl)nc2c(Cl)cccc21. The summed E-state index contributed by atoms with van der Waals surface area (Å²) in [5.41, 5.74) is 1.84. The van der Waals surface area contributed by atoms with Crippen LogP contribution in [0.4, 0.5) is 4.39 Å². The van der Waals surface area contributed by atoms with Crippen LogP contribution in [0.15, 0.2) is 40.9 Å². The number of alkyl halides is 1. The molecule has 0 aliphatic rings. The van der Waals surface area contributed by atoms with Gasteiger partial charge in [-0.25, -0.2) is 9.37 Å². The molecule has 0 aliphatic heterocycles. The van der Waals surface area contributed by atoms with E-state index < -0.39 is 0 Å². The second kappa shape index (κ2) is 5.95. The first-order chi connectivity index (χ1) is 10.1. The van der Waals surface area contributed by atoms with Gasteiger partial charge in [-0.05, 0) is 30.3 Å². The molecule has 3 aromatic rings. The summed E-state index contributed by atoms with van der Waals surface area (Å²) in [6, 6.07) is 10.2. The zero-order valence-electron chi connectivity index (χ0n) is 10.8. The minimum Gasteiger partial charge on any atom is -0.293 e. The van der Waals surface area contributed by atoms with Crippen molar-refractivity contribution >= 4 is 50.2 Å². The molecule has 0 fully saturated rings. The second-order valence-corrected chi connectivity index (χ2v) is 6.21. The van der Waals surface area contributed by atoms with E-state index in [-0.39, 0.29) is 5.82 Å². The largest absolute Gasteiger partial charge is 0.293 e. The van der Waals surface area contributed by atoms with Gasteiger partial charge in [-0.15, -0.1) is 11.6 Å². The van der Waals surface area contributed by atoms with E-state index in [0.717, 1.165) is 9.99 Å². The number of para-hydroxylation sites is 1. The third kappa shape index (κ3) is 2.68. The Morgan fingerprint density at radius 1 is 1.24 bits per heavy atom. The summed E-state index contributed by atoms with van der Waals surface area (Å²) in [6.07, 6.45) is 0.526. The first-order valence-electron chi connectivity index (χ1n) is 6.29. The van der Waals surface area contributed by atoms with E-state index in [0.29, 0.717) is 34.4 Å². The fraction of sp³-hybridized carbons (Fsp3) is 0.133. The lowest BCUT2D eigenvalue weighted by Crippen LogP contribution is -2.04. The van der Waals surface area contributed by atoms with E-state index in [9.17, 15) is 4.39 Å². The lowest BCUT2D eigenvalue weighted by atomic mass is 10.2. The summed E-state index contributed by atoms with van der Waals surface area (Å²) < 4.78 is 16.8. The van der Waals surface area contributed by atoms with Crippen LogP contribution in [0.5, 0.6) is 0 Å². The van der Waals surface area contributed by atoms with Gasteiger partial charge in [0.25, 0.3) is 0 Å². The van der Waals surface area contributed by atoms with Crippen molar-refractivity contribution in [2.75, 3.05) is 5.88 Å². The van der Waals surface area contributed by atoms with E-state index in [1.165, 1.54) is 6.07 Å². The molecule has 0 aliphatic carbocycles. The average Bonchev–Trinajstić information content (AvgIpc) is 2.82. The van der Waals surface area contributed by atoms with Crippen molar-refractivity contribution in [1.82, 2.24) is 9.55 Å². The normalized spacial score (nSPS) is 11.2. The Morgan fingerprint density at radius 2 is 2.05 bits per heavy atom. The van der Waals surface area contributed by atoms with Gasteiger partial charge >= 0.3 is 0 Å². The van der Waals surface area contributed by atoms with E-state index in [1.807, 2.05) is 12.1 Å². The molecule has 108 valence electrons. The van der Waals surface area contributed by atoms with Crippen molar-refractivity contribution in [2.45, 2.75) is 6.42 Å². The molecule has 2 nitrogen and oxygen atoms in total. The molecule has 0 saturated heterocycles. The van der Waals surface area contributed by atoms with Crippen LogP contribution in [0.3, 0.4) is 0 Å². The number of halogens is 4. The lowest BCUT2D eigenvalue weighted by molar-refractivity contribution is 0.616. The van der Waals surface area contributed by atoms with Gasteiger partial charge in [-0.3, -0.25) is 4.57 Å². The Balaban J connectivity index is 2.36. The molecular formula is C15H10BrCl2FN2. The third-order valence-electron chi connectivity index (χ3n) is 3.17. The number of hydrogen-bond donors (Lipinski definition) is 0. The number of fused-ring (bicyclic) bond motifs is 1. The highest BCUT2D eigenvalue weighted by Crippen LogP contribution is 2.29.